The van der Waals surface area contributed by atoms with Gasteiger partial charge < -0.3 is 4.74 Å². The predicted molar refractivity (Wildman–Crippen MR) is 73.0 cm³/mol. The van der Waals surface area contributed by atoms with Crippen molar-refractivity contribution in [1.82, 2.24) is 0 Å². The van der Waals surface area contributed by atoms with Crippen LogP contribution in [0.25, 0.3) is 0 Å². The van der Waals surface area contributed by atoms with Crippen LogP contribution in [0.5, 0.6) is 5.75 Å². The first-order valence-electron chi connectivity index (χ1n) is 5.20. The Bertz CT molecular complexity index is 580. The van der Waals surface area contributed by atoms with Gasteiger partial charge >= 0.3 is 0 Å². The number of benzene rings is 1. The quantitative estimate of drug-likeness (QED) is 0.790. The topological polar surface area (TPSA) is 26.3 Å². The lowest BCUT2D eigenvalue weighted by atomic mass is 10.1. The van der Waals surface area contributed by atoms with E-state index in [0.29, 0.717) is 16.2 Å². The fourth-order valence-electron chi connectivity index (χ4n) is 1.59. The van der Waals surface area contributed by atoms with Gasteiger partial charge in [-0.2, -0.15) is 0 Å². The molecule has 0 bridgehead atoms. The maximum absolute atomic E-state index is 13.6. The van der Waals surface area contributed by atoms with E-state index in [4.69, 9.17) is 4.74 Å². The van der Waals surface area contributed by atoms with Crippen LogP contribution in [0.15, 0.2) is 34.1 Å². The van der Waals surface area contributed by atoms with Gasteiger partial charge in [0.05, 0.1) is 7.11 Å². The Morgan fingerprint density at radius 2 is 2.22 bits per heavy atom. The minimum Gasteiger partial charge on any atom is -0.495 e. The molecule has 0 N–H and O–H groups in total. The Hall–Kier alpha value is -1.20. The van der Waals surface area contributed by atoms with Crippen molar-refractivity contribution in [3.05, 3.63) is 50.4 Å². The van der Waals surface area contributed by atoms with E-state index in [-0.39, 0.29) is 18.0 Å². The van der Waals surface area contributed by atoms with E-state index in [1.807, 2.05) is 0 Å². The van der Waals surface area contributed by atoms with Gasteiger partial charge in [-0.25, -0.2) is 4.39 Å². The van der Waals surface area contributed by atoms with Crippen molar-refractivity contribution in [2.45, 2.75) is 6.42 Å². The van der Waals surface area contributed by atoms with Gasteiger partial charge in [0, 0.05) is 10.9 Å². The molecule has 1 aromatic carbocycles. The third-order valence-corrected chi connectivity index (χ3v) is 3.89. The third kappa shape index (κ3) is 2.79. The van der Waals surface area contributed by atoms with Gasteiger partial charge in [0.25, 0.3) is 0 Å². The molecule has 94 valence electrons. The summed E-state index contributed by atoms with van der Waals surface area (Å²) in [5, 5.41) is 1.78. The van der Waals surface area contributed by atoms with Crippen molar-refractivity contribution in [1.29, 1.82) is 0 Å². The van der Waals surface area contributed by atoms with Gasteiger partial charge in [-0.3, -0.25) is 4.79 Å². The van der Waals surface area contributed by atoms with Crippen LogP contribution < -0.4 is 4.74 Å². The SMILES string of the molecule is COc1ccsc1C(=O)Cc1cc(Br)ccc1F. The molecule has 0 radical (unpaired) electrons. The van der Waals surface area contributed by atoms with E-state index in [0.717, 1.165) is 4.47 Å². The van der Waals surface area contributed by atoms with E-state index >= 15 is 0 Å². The molecule has 0 atom stereocenters. The van der Waals surface area contributed by atoms with Gasteiger partial charge in [-0.15, -0.1) is 11.3 Å². The molecule has 1 heterocycles. The van der Waals surface area contributed by atoms with Gasteiger partial charge in [0.15, 0.2) is 5.78 Å². The Morgan fingerprint density at radius 3 is 2.94 bits per heavy atom. The largest absolute Gasteiger partial charge is 0.495 e. The Labute approximate surface area is 117 Å². The Balaban J connectivity index is 2.24. The summed E-state index contributed by atoms with van der Waals surface area (Å²) in [7, 11) is 1.51. The molecule has 2 aromatic rings. The molecule has 0 saturated heterocycles. The molecule has 2 nitrogen and oxygen atoms in total. The highest BCUT2D eigenvalue weighted by Crippen LogP contribution is 2.26. The third-order valence-electron chi connectivity index (χ3n) is 2.46. The zero-order valence-electron chi connectivity index (χ0n) is 9.57. The molecular weight excluding hydrogens is 319 g/mol. The summed E-state index contributed by atoms with van der Waals surface area (Å²) in [6.45, 7) is 0. The normalized spacial score (nSPS) is 10.4. The molecule has 0 fully saturated rings. The molecule has 0 amide bonds. The van der Waals surface area contributed by atoms with E-state index in [1.165, 1.54) is 24.5 Å². The number of ether oxygens (including phenoxy) is 1. The predicted octanol–water partition coefficient (Wildman–Crippen LogP) is 4.08. The number of carbonyl (C=O) groups excluding carboxylic acids is 1. The second kappa shape index (κ2) is 5.63. The number of methoxy groups -OCH3 is 1. The molecule has 0 aliphatic carbocycles. The Morgan fingerprint density at radius 1 is 1.44 bits per heavy atom. The van der Waals surface area contributed by atoms with Crippen molar-refractivity contribution in [3.8, 4) is 5.75 Å². The van der Waals surface area contributed by atoms with Crippen molar-refractivity contribution in [2.24, 2.45) is 0 Å². The minimum atomic E-state index is -0.373. The smallest absolute Gasteiger partial charge is 0.181 e. The van der Waals surface area contributed by atoms with E-state index in [2.05, 4.69) is 15.9 Å². The summed E-state index contributed by atoms with van der Waals surface area (Å²) in [5.74, 6) is 0.0290. The number of hydrogen-bond donors (Lipinski definition) is 0. The van der Waals surface area contributed by atoms with Crippen LogP contribution in [0.4, 0.5) is 4.39 Å². The van der Waals surface area contributed by atoms with Crippen molar-refractivity contribution < 1.29 is 13.9 Å². The van der Waals surface area contributed by atoms with E-state index in [1.54, 1.807) is 23.6 Å². The number of rotatable bonds is 4. The second-order valence-corrected chi connectivity index (χ2v) is 5.49. The number of thiophene rings is 1. The standard InChI is InChI=1S/C13H10BrFO2S/c1-17-12-4-5-18-13(12)11(16)7-8-6-9(14)2-3-10(8)15/h2-6H,7H2,1H3. The molecule has 0 saturated carbocycles. The average molecular weight is 329 g/mol. The number of ketones is 1. The zero-order chi connectivity index (χ0) is 13.1. The summed E-state index contributed by atoms with van der Waals surface area (Å²) in [4.78, 5) is 12.6. The van der Waals surface area contributed by atoms with Crippen LogP contribution in [0.2, 0.25) is 0 Å². The number of Topliss-reactive ketones (excluding diaryl/α,β-unsaturated/α-hetero) is 1. The first kappa shape index (κ1) is 13.2. The first-order valence-corrected chi connectivity index (χ1v) is 6.87. The van der Waals surface area contributed by atoms with E-state index < -0.39 is 0 Å². The van der Waals surface area contributed by atoms with Crippen molar-refractivity contribution in [2.75, 3.05) is 7.11 Å². The summed E-state index contributed by atoms with van der Waals surface area (Å²) < 4.78 is 19.4. The van der Waals surface area contributed by atoms with Gasteiger partial charge in [-0.05, 0) is 35.2 Å². The number of hydrogen-bond acceptors (Lipinski definition) is 3. The van der Waals surface area contributed by atoms with Gasteiger partial charge in [-0.1, -0.05) is 15.9 Å². The lowest BCUT2D eigenvalue weighted by Crippen LogP contribution is -2.04. The molecule has 0 spiro atoms. The fraction of sp³-hybridized carbons (Fsp3) is 0.154. The Kier molecular flexibility index (Phi) is 4.14. The monoisotopic (exact) mass is 328 g/mol. The molecular formula is C13H10BrFO2S. The van der Waals surface area contributed by atoms with Crippen LogP contribution in [0.3, 0.4) is 0 Å². The molecule has 0 unspecified atom stereocenters. The fourth-order valence-corrected chi connectivity index (χ4v) is 2.80. The zero-order valence-corrected chi connectivity index (χ0v) is 12.0. The minimum absolute atomic E-state index is 0.0299. The van der Waals surface area contributed by atoms with Gasteiger partial charge in [0.1, 0.15) is 16.4 Å². The molecule has 0 aliphatic heterocycles. The first-order chi connectivity index (χ1) is 8.61. The summed E-state index contributed by atoms with van der Waals surface area (Å²) >= 11 is 4.57. The average Bonchev–Trinajstić information content (AvgIpc) is 2.82. The molecule has 0 aliphatic rings. The molecule has 5 heteroatoms. The van der Waals surface area contributed by atoms with Gasteiger partial charge in [0.2, 0.25) is 0 Å². The molecule has 1 aromatic heterocycles. The maximum atomic E-state index is 13.6. The highest BCUT2D eigenvalue weighted by atomic mass is 79.9. The van der Waals surface area contributed by atoms with Crippen LogP contribution in [0.1, 0.15) is 15.2 Å². The lowest BCUT2D eigenvalue weighted by molar-refractivity contribution is 0.0993. The molecule has 2 rings (SSSR count). The van der Waals surface area contributed by atoms with Crippen LogP contribution in [-0.2, 0) is 6.42 Å². The van der Waals surface area contributed by atoms with Crippen molar-refractivity contribution >= 4 is 33.0 Å². The summed E-state index contributed by atoms with van der Waals surface area (Å²) in [5.41, 5.74) is 0.379. The number of halogens is 2. The van der Waals surface area contributed by atoms with Crippen LogP contribution in [-0.4, -0.2) is 12.9 Å². The van der Waals surface area contributed by atoms with Crippen LogP contribution in [0, 0.1) is 5.82 Å². The summed E-state index contributed by atoms with van der Waals surface area (Å²) in [6, 6.07) is 6.30. The van der Waals surface area contributed by atoms with Crippen molar-refractivity contribution in [3.63, 3.8) is 0 Å². The van der Waals surface area contributed by atoms with Crippen LogP contribution >= 0.6 is 27.3 Å². The summed E-state index contributed by atoms with van der Waals surface area (Å²) in [6.07, 6.45) is 0.0299. The second-order valence-electron chi connectivity index (χ2n) is 3.65. The van der Waals surface area contributed by atoms with E-state index in [9.17, 15) is 9.18 Å². The maximum Gasteiger partial charge on any atom is 0.181 e. The number of carbonyl (C=O) groups is 1. The highest BCUT2D eigenvalue weighted by molar-refractivity contribution is 9.10. The molecule has 18 heavy (non-hydrogen) atoms. The lowest BCUT2D eigenvalue weighted by Gasteiger charge is -2.04. The highest BCUT2D eigenvalue weighted by Gasteiger charge is 2.16.